The Labute approximate surface area is 106 Å². The van der Waals surface area contributed by atoms with E-state index in [2.05, 4.69) is 40.3 Å². The van der Waals surface area contributed by atoms with Gasteiger partial charge in [-0.3, -0.25) is 0 Å². The second kappa shape index (κ2) is 2.63. The third-order valence-corrected chi connectivity index (χ3v) is 5.66. The number of hydrogen-bond acceptors (Lipinski definition) is 0. The minimum absolute atomic E-state index is 0. The van der Waals surface area contributed by atoms with Gasteiger partial charge < -0.3 is 5.73 Å². The molecule has 0 aromatic rings. The van der Waals surface area contributed by atoms with Crippen LogP contribution in [-0.2, 0) is 19.5 Å². The van der Waals surface area contributed by atoms with Gasteiger partial charge in [0.2, 0.25) is 0 Å². The molecule has 0 aromatic carbocycles. The van der Waals surface area contributed by atoms with E-state index in [0.717, 1.165) is 0 Å². The molecule has 0 nitrogen and oxygen atoms in total. The molecule has 0 heterocycles. The predicted octanol–water partition coefficient (Wildman–Crippen LogP) is 3.89. The van der Waals surface area contributed by atoms with Crippen molar-refractivity contribution in [1.82, 2.24) is 0 Å². The van der Waals surface area contributed by atoms with Gasteiger partial charge in [-0.25, -0.2) is 0 Å². The Hall–Kier alpha value is 0.0134. The SMILES string of the molecule is CC1=C=C2CCC23[C-]1C(C)(C)C3(C)C.[Rh]. The van der Waals surface area contributed by atoms with Gasteiger partial charge in [-0.05, 0) is 11.8 Å². The summed E-state index contributed by atoms with van der Waals surface area (Å²) in [5, 5.41) is 0. The zero-order valence-electron chi connectivity index (χ0n) is 10.2. The molecule has 85 valence electrons. The van der Waals surface area contributed by atoms with Gasteiger partial charge in [0.1, 0.15) is 0 Å². The zero-order chi connectivity index (χ0) is 10.4. The van der Waals surface area contributed by atoms with E-state index < -0.39 is 0 Å². The molecule has 1 radical (unpaired) electrons. The number of allylic oxidation sites excluding steroid dienone is 1. The summed E-state index contributed by atoms with van der Waals surface area (Å²) >= 11 is 0. The maximum Gasteiger partial charge on any atom is 0 e. The van der Waals surface area contributed by atoms with Crippen molar-refractivity contribution in [2.45, 2.75) is 47.5 Å². The number of rotatable bonds is 0. The Morgan fingerprint density at radius 1 is 1.20 bits per heavy atom. The normalized spacial score (nSPS) is 37.5. The van der Waals surface area contributed by atoms with Gasteiger partial charge in [0.15, 0.2) is 0 Å². The van der Waals surface area contributed by atoms with Crippen molar-refractivity contribution in [3.8, 4) is 0 Å². The van der Waals surface area contributed by atoms with Crippen molar-refractivity contribution in [2.24, 2.45) is 16.2 Å². The fourth-order valence-electron chi connectivity index (χ4n) is 4.34. The topological polar surface area (TPSA) is 0 Å². The largest absolute Gasteiger partial charge is 0.347 e. The molecule has 2 fully saturated rings. The van der Waals surface area contributed by atoms with Crippen LogP contribution in [0.5, 0.6) is 0 Å². The first kappa shape index (κ1) is 11.5. The first-order valence-corrected chi connectivity index (χ1v) is 5.71. The minimum Gasteiger partial charge on any atom is -0.347 e. The molecule has 0 N–H and O–H groups in total. The van der Waals surface area contributed by atoms with E-state index in [1.165, 1.54) is 18.4 Å². The summed E-state index contributed by atoms with van der Waals surface area (Å²) in [6.45, 7) is 11.9. The third kappa shape index (κ3) is 0.809. The van der Waals surface area contributed by atoms with Crippen LogP contribution >= 0.6 is 0 Å². The molecule has 0 saturated heterocycles. The first-order valence-electron chi connectivity index (χ1n) is 5.71. The van der Waals surface area contributed by atoms with E-state index in [1.807, 2.05) is 0 Å². The molecule has 2 saturated carbocycles. The molecule has 1 unspecified atom stereocenters. The molecule has 0 aromatic heterocycles. The fourth-order valence-corrected chi connectivity index (χ4v) is 4.34. The Balaban J connectivity index is 0.000000853. The fraction of sp³-hybridized carbons (Fsp3) is 0.714. The van der Waals surface area contributed by atoms with E-state index in [1.54, 1.807) is 11.5 Å². The van der Waals surface area contributed by atoms with Crippen LogP contribution in [0.2, 0.25) is 0 Å². The first-order chi connectivity index (χ1) is 6.36. The van der Waals surface area contributed by atoms with Crippen LogP contribution in [-0.4, -0.2) is 0 Å². The van der Waals surface area contributed by atoms with Gasteiger partial charge in [-0.1, -0.05) is 51.9 Å². The quantitative estimate of drug-likeness (QED) is 0.361. The van der Waals surface area contributed by atoms with Crippen molar-refractivity contribution >= 4 is 0 Å². The van der Waals surface area contributed by atoms with E-state index in [-0.39, 0.29) is 19.5 Å². The van der Waals surface area contributed by atoms with Crippen LogP contribution in [0.4, 0.5) is 0 Å². The molecule has 0 amide bonds. The Bertz CT molecular complexity index is 394. The van der Waals surface area contributed by atoms with Crippen LogP contribution < -0.4 is 0 Å². The van der Waals surface area contributed by atoms with Crippen molar-refractivity contribution < 1.29 is 19.5 Å². The zero-order valence-corrected chi connectivity index (χ0v) is 11.9. The average Bonchev–Trinajstić information content (AvgIpc) is 2.23. The maximum absolute atomic E-state index is 3.61. The molecular weight excluding hydrogens is 271 g/mol. The standard InChI is InChI=1S/C14H19.Rh/c1-9-8-10-6-7-14(10)11(9)12(2,3)13(14,4)5;/h6-7H2,1-5H3;/q-1;. The van der Waals surface area contributed by atoms with Crippen LogP contribution in [0.15, 0.2) is 16.9 Å². The molecular formula is C14H19Rh-. The van der Waals surface area contributed by atoms with Crippen molar-refractivity contribution in [1.29, 1.82) is 0 Å². The van der Waals surface area contributed by atoms with E-state index in [0.29, 0.717) is 16.2 Å². The van der Waals surface area contributed by atoms with Crippen LogP contribution in [0.1, 0.15) is 47.5 Å². The molecule has 3 aliphatic rings. The molecule has 1 heteroatoms. The van der Waals surface area contributed by atoms with E-state index >= 15 is 0 Å². The second-order valence-electron chi connectivity index (χ2n) is 6.26. The van der Waals surface area contributed by atoms with E-state index in [4.69, 9.17) is 0 Å². The summed E-state index contributed by atoms with van der Waals surface area (Å²) < 4.78 is 0. The molecule has 0 bridgehead atoms. The van der Waals surface area contributed by atoms with Crippen molar-refractivity contribution in [2.75, 3.05) is 0 Å². The molecule has 15 heavy (non-hydrogen) atoms. The van der Waals surface area contributed by atoms with Gasteiger partial charge in [-0.2, -0.15) is 11.5 Å². The summed E-state index contributed by atoms with van der Waals surface area (Å²) in [4.78, 5) is 0. The van der Waals surface area contributed by atoms with Gasteiger partial charge in [0.25, 0.3) is 0 Å². The van der Waals surface area contributed by atoms with Gasteiger partial charge in [0.05, 0.1) is 0 Å². The minimum atomic E-state index is 0. The van der Waals surface area contributed by atoms with Gasteiger partial charge in [0, 0.05) is 19.5 Å². The van der Waals surface area contributed by atoms with Crippen LogP contribution in [0.3, 0.4) is 0 Å². The smallest absolute Gasteiger partial charge is 0 e. The predicted molar refractivity (Wildman–Crippen MR) is 58.7 cm³/mol. The average molecular weight is 290 g/mol. The summed E-state index contributed by atoms with van der Waals surface area (Å²) in [6, 6.07) is 0. The Kier molecular flexibility index (Phi) is 2.02. The summed E-state index contributed by atoms with van der Waals surface area (Å²) in [5.74, 6) is 1.70. The molecule has 1 atom stereocenters. The Morgan fingerprint density at radius 2 is 1.80 bits per heavy atom. The summed E-state index contributed by atoms with van der Waals surface area (Å²) in [5.41, 5.74) is 7.94. The summed E-state index contributed by atoms with van der Waals surface area (Å²) in [6.07, 6.45) is 2.67. The third-order valence-electron chi connectivity index (χ3n) is 5.66. The maximum atomic E-state index is 3.61. The summed E-state index contributed by atoms with van der Waals surface area (Å²) in [7, 11) is 0. The van der Waals surface area contributed by atoms with Crippen molar-refractivity contribution in [3.05, 3.63) is 22.8 Å². The van der Waals surface area contributed by atoms with E-state index in [9.17, 15) is 0 Å². The monoisotopic (exact) mass is 290 g/mol. The van der Waals surface area contributed by atoms with Gasteiger partial charge in [-0.15, -0.1) is 5.57 Å². The second-order valence-corrected chi connectivity index (χ2v) is 6.26. The van der Waals surface area contributed by atoms with Crippen LogP contribution in [0, 0.1) is 22.2 Å². The Morgan fingerprint density at radius 3 is 2.20 bits per heavy atom. The molecule has 3 aliphatic carbocycles. The van der Waals surface area contributed by atoms with Crippen LogP contribution in [0.25, 0.3) is 0 Å². The van der Waals surface area contributed by atoms with Crippen molar-refractivity contribution in [3.63, 3.8) is 0 Å². The molecule has 1 spiro atoms. The van der Waals surface area contributed by atoms with Gasteiger partial charge >= 0.3 is 0 Å². The molecule has 0 aliphatic heterocycles. The number of hydrogen-bond donors (Lipinski definition) is 0. The molecule has 3 rings (SSSR count).